The molecule has 0 aromatic carbocycles. The van der Waals surface area contributed by atoms with Crippen LogP contribution in [0.3, 0.4) is 0 Å². The van der Waals surface area contributed by atoms with Crippen molar-refractivity contribution in [1.82, 2.24) is 42.5 Å². The lowest BCUT2D eigenvalue weighted by Crippen LogP contribution is -2.61. The van der Waals surface area contributed by atoms with E-state index in [0.717, 1.165) is 38.5 Å². The number of Topliss-reactive ketones (excluding diaryl/α,β-unsaturated/α-hetero) is 1. The molecule has 1 unspecified atom stereocenters. The molecule has 1 aliphatic rings. The van der Waals surface area contributed by atoms with Gasteiger partial charge in [-0.2, -0.15) is 0 Å². The third-order valence-corrected chi connectivity index (χ3v) is 14.5. The Labute approximate surface area is 540 Å². The molecule has 524 valence electrons. The van der Waals surface area contributed by atoms with Crippen molar-refractivity contribution < 1.29 is 57.4 Å². The molecule has 0 aromatic heterocycles. The van der Waals surface area contributed by atoms with E-state index in [4.69, 9.17) is 66.8 Å². The number of guanidine groups is 4. The summed E-state index contributed by atoms with van der Waals surface area (Å²) in [5.41, 5.74) is 55.5. The maximum absolute atomic E-state index is 14.8. The van der Waals surface area contributed by atoms with Crippen molar-refractivity contribution in [2.24, 2.45) is 77.3 Å². The molecular formula is C58H110N22O12. The van der Waals surface area contributed by atoms with E-state index < -0.39 is 89.6 Å². The van der Waals surface area contributed by atoms with Crippen LogP contribution >= 0.6 is 0 Å². The molecule has 0 aliphatic carbocycles. The number of primary amides is 1. The normalized spacial score (nSPS) is 18.5. The molecule has 0 spiro atoms. The van der Waals surface area contributed by atoms with Gasteiger partial charge in [0.2, 0.25) is 53.2 Å². The standard InChI is InChI=1S/C58H110N22O12/c1-2-3-4-5-6-7-8-25-46(82)69-29-12-10-20-40-49(85)76-41(21-13-30-70-55(61)62)50(86)77-42(22-14-31-71-56(63)64)51(87)78-43(23-15-32-72-57(65)66)52(88)79-44(24-16-33-73-58(67)68)53(89)80-45(54(90)75-40)27-26-38(81)18-17-34-91-35-36-92-37-47(83)74-39(48(60)84)19-9-11-28-59/h39-45H,2-37,59H2,1H3,(H2,60,84)(H,69,82)(H,74,83)(H,75,90)(H,76,85)(H,77,86)(H,78,87)(H,79,88)(H,80,89)(H4,61,62,70)(H4,63,64,71)(H4,65,66,72)(H4,67,68,73)/t39?,40-,41-,42+,43-,44+,45-/m0/s1. The van der Waals surface area contributed by atoms with Crippen LogP contribution in [0.25, 0.3) is 0 Å². The van der Waals surface area contributed by atoms with E-state index in [2.05, 4.69) is 69.4 Å². The summed E-state index contributed by atoms with van der Waals surface area (Å²) in [6, 6.07) is -9.36. The number of ether oxygens (including phenoxy) is 2. The van der Waals surface area contributed by atoms with Gasteiger partial charge >= 0.3 is 0 Å². The van der Waals surface area contributed by atoms with Crippen molar-refractivity contribution in [1.29, 1.82) is 0 Å². The maximum atomic E-state index is 14.8. The Kier molecular flexibility index (Phi) is 44.9. The van der Waals surface area contributed by atoms with Gasteiger partial charge in [-0.3, -0.25) is 67.9 Å². The predicted molar refractivity (Wildman–Crippen MR) is 350 cm³/mol. The summed E-state index contributed by atoms with van der Waals surface area (Å²) >= 11 is 0. The Hall–Kier alpha value is -8.14. The minimum atomic E-state index is -1.52. The molecule has 0 saturated carbocycles. The average Bonchev–Trinajstić information content (AvgIpc) is 1.000. The topological polar surface area (TPSA) is 595 Å². The molecule has 34 nitrogen and oxygen atoms in total. The number of unbranched alkanes of at least 4 members (excludes halogenated alkanes) is 8. The monoisotopic (exact) mass is 1310 g/mol. The summed E-state index contributed by atoms with van der Waals surface area (Å²) in [7, 11) is 0. The van der Waals surface area contributed by atoms with Crippen molar-refractivity contribution in [2.45, 2.75) is 216 Å². The quantitative estimate of drug-likeness (QED) is 0.0156. The van der Waals surface area contributed by atoms with Gasteiger partial charge < -0.3 is 109 Å². The zero-order chi connectivity index (χ0) is 68.5. The Morgan fingerprint density at radius 3 is 1.22 bits per heavy atom. The van der Waals surface area contributed by atoms with Gasteiger partial charge in [0.1, 0.15) is 54.7 Å². The molecule has 0 radical (unpaired) electrons. The van der Waals surface area contributed by atoms with Crippen molar-refractivity contribution in [3.8, 4) is 0 Å². The lowest BCUT2D eigenvalue weighted by atomic mass is 10.0. The second kappa shape index (κ2) is 50.5. The number of aliphatic imine (C=N–C) groups is 4. The van der Waals surface area contributed by atoms with Gasteiger partial charge in [0.25, 0.3) is 0 Å². The summed E-state index contributed by atoms with van der Waals surface area (Å²) in [4.78, 5) is 154. The molecule has 0 bridgehead atoms. The summed E-state index contributed by atoms with van der Waals surface area (Å²) in [5, 5.41) is 21.7. The summed E-state index contributed by atoms with van der Waals surface area (Å²) in [6.07, 6.45) is 9.64. The fraction of sp³-hybridized carbons (Fsp3) is 0.759. The minimum Gasteiger partial charge on any atom is -0.379 e. The highest BCUT2D eigenvalue weighted by molar-refractivity contribution is 5.98. The third kappa shape index (κ3) is 41.3. The van der Waals surface area contributed by atoms with E-state index in [-0.39, 0.29) is 185 Å². The van der Waals surface area contributed by atoms with Gasteiger partial charge in [0.05, 0.1) is 13.2 Å². The number of hydrogen-bond donors (Lipinski definition) is 18. The zero-order valence-electron chi connectivity index (χ0n) is 54.0. The van der Waals surface area contributed by atoms with Crippen LogP contribution in [-0.2, 0) is 57.4 Å². The van der Waals surface area contributed by atoms with Crippen LogP contribution in [0.4, 0.5) is 0 Å². The van der Waals surface area contributed by atoms with Crippen LogP contribution in [0.5, 0.6) is 0 Å². The molecule has 1 fully saturated rings. The highest BCUT2D eigenvalue weighted by Crippen LogP contribution is 2.14. The molecule has 28 N–H and O–H groups in total. The van der Waals surface area contributed by atoms with E-state index in [1.165, 1.54) is 6.42 Å². The van der Waals surface area contributed by atoms with Crippen molar-refractivity contribution in [2.75, 3.05) is 65.7 Å². The minimum absolute atomic E-state index is 0.0121. The average molecular weight is 1310 g/mol. The molecule has 9 amide bonds. The maximum Gasteiger partial charge on any atom is 0.246 e. The first kappa shape index (κ1) is 81.9. The number of ketones is 1. The number of rotatable bonds is 47. The highest BCUT2D eigenvalue weighted by Gasteiger charge is 2.35. The van der Waals surface area contributed by atoms with E-state index in [9.17, 15) is 47.9 Å². The summed E-state index contributed by atoms with van der Waals surface area (Å²) < 4.78 is 11.0. The van der Waals surface area contributed by atoms with Gasteiger partial charge in [0.15, 0.2) is 23.8 Å². The molecule has 1 aliphatic heterocycles. The lowest BCUT2D eigenvalue weighted by molar-refractivity contribution is -0.137. The lowest BCUT2D eigenvalue weighted by Gasteiger charge is -2.29. The van der Waals surface area contributed by atoms with E-state index in [1.54, 1.807) is 0 Å². The van der Waals surface area contributed by atoms with Crippen LogP contribution < -0.4 is 99.9 Å². The number of nitrogens with two attached hydrogens (primary N) is 10. The second-order valence-electron chi connectivity index (χ2n) is 22.5. The first-order valence-electron chi connectivity index (χ1n) is 32.2. The number of hydrogen-bond acceptors (Lipinski definition) is 17. The number of carbonyl (C=O) groups is 10. The largest absolute Gasteiger partial charge is 0.379 e. The number of nitrogens with one attached hydrogen (secondary N) is 8. The molecule has 1 saturated heterocycles. The SMILES string of the molecule is CCCCCCCCCC(=O)NCCCC[C@@H]1NC(=O)[C@H](CCC(=O)CCCOCCOCC(=O)NC(CCCCN)C(N)=O)NC(=O)[C@@H](CCCN=C(N)N)NC(=O)[C@H](CCCN=C(N)N)NC(=O)[C@@H](CCCN=C(N)N)NC(=O)[C@H](CCCN=C(N)N)NC1=O. The van der Waals surface area contributed by atoms with Gasteiger partial charge in [-0.05, 0) is 116 Å². The molecule has 1 rings (SSSR count). The fourth-order valence-corrected chi connectivity index (χ4v) is 9.49. The van der Waals surface area contributed by atoms with Crippen molar-refractivity contribution in [3.05, 3.63) is 0 Å². The number of nitrogens with zero attached hydrogens (tertiary/aromatic N) is 4. The fourth-order valence-electron chi connectivity index (χ4n) is 9.49. The Morgan fingerprint density at radius 1 is 0.424 bits per heavy atom. The Bertz CT molecular complexity index is 2360. The Balaban J connectivity index is 3.75. The van der Waals surface area contributed by atoms with E-state index >= 15 is 0 Å². The number of carbonyl (C=O) groups excluding carboxylic acids is 10. The molecular weight excluding hydrogens is 1200 g/mol. The van der Waals surface area contributed by atoms with Crippen molar-refractivity contribution in [3.63, 3.8) is 0 Å². The van der Waals surface area contributed by atoms with E-state index in [1.807, 2.05) is 0 Å². The van der Waals surface area contributed by atoms with Crippen LogP contribution in [0.15, 0.2) is 20.0 Å². The summed E-state index contributed by atoms with van der Waals surface area (Å²) in [5.74, 6) is -7.71. The van der Waals surface area contributed by atoms with Gasteiger partial charge in [-0.1, -0.05) is 45.4 Å². The summed E-state index contributed by atoms with van der Waals surface area (Å²) in [6.45, 7) is 2.78. The van der Waals surface area contributed by atoms with Gasteiger partial charge in [-0.15, -0.1) is 0 Å². The van der Waals surface area contributed by atoms with Gasteiger partial charge in [0, 0.05) is 58.6 Å². The van der Waals surface area contributed by atoms with Crippen LogP contribution in [0.2, 0.25) is 0 Å². The van der Waals surface area contributed by atoms with Gasteiger partial charge in [-0.25, -0.2) is 0 Å². The first-order chi connectivity index (χ1) is 44.0. The zero-order valence-corrected chi connectivity index (χ0v) is 54.0. The molecule has 0 aromatic rings. The van der Waals surface area contributed by atoms with Crippen LogP contribution in [0.1, 0.15) is 174 Å². The molecule has 7 atom stereocenters. The number of amides is 9. The third-order valence-electron chi connectivity index (χ3n) is 14.5. The Morgan fingerprint density at radius 2 is 0.815 bits per heavy atom. The predicted octanol–water partition coefficient (Wildman–Crippen LogP) is -4.19. The molecule has 34 heteroatoms. The molecule has 92 heavy (non-hydrogen) atoms. The van der Waals surface area contributed by atoms with E-state index in [0.29, 0.717) is 38.6 Å². The molecule has 1 heterocycles. The smallest absolute Gasteiger partial charge is 0.246 e. The first-order valence-corrected chi connectivity index (χ1v) is 32.2. The van der Waals surface area contributed by atoms with Crippen LogP contribution in [0, 0.1) is 0 Å². The second-order valence-corrected chi connectivity index (χ2v) is 22.5. The highest BCUT2D eigenvalue weighted by atomic mass is 16.5. The van der Waals surface area contributed by atoms with Crippen LogP contribution in [-0.4, -0.2) is 191 Å². The van der Waals surface area contributed by atoms with Crippen molar-refractivity contribution >= 4 is 82.8 Å².